The molecule has 0 aliphatic carbocycles. The third-order valence-electron chi connectivity index (χ3n) is 2.15. The van der Waals surface area contributed by atoms with Crippen LogP contribution < -0.4 is 14.8 Å². The monoisotopic (exact) mass is 269 g/mol. The van der Waals surface area contributed by atoms with Crippen molar-refractivity contribution >= 4 is 23.2 Å². The summed E-state index contributed by atoms with van der Waals surface area (Å²) in [5.74, 6) is 0.759. The molecule has 0 aromatic heterocycles. The summed E-state index contributed by atoms with van der Waals surface area (Å²) in [5.41, 5.74) is 1.41. The Kier molecular flexibility index (Phi) is 5.04. The van der Waals surface area contributed by atoms with Gasteiger partial charge in [-0.25, -0.2) is 0 Å². The SMILES string of the molecule is COc1cc(OC)c(NC(=O)C=C(C)C)cc1Cl. The minimum atomic E-state index is -0.227. The highest BCUT2D eigenvalue weighted by Gasteiger charge is 2.11. The van der Waals surface area contributed by atoms with Gasteiger partial charge in [-0.1, -0.05) is 17.2 Å². The van der Waals surface area contributed by atoms with E-state index in [2.05, 4.69) is 5.32 Å². The van der Waals surface area contributed by atoms with Crippen LogP contribution in [0, 0.1) is 0 Å². The Balaban J connectivity index is 3.05. The molecule has 1 N–H and O–H groups in total. The lowest BCUT2D eigenvalue weighted by atomic mass is 10.2. The Morgan fingerprint density at radius 1 is 1.22 bits per heavy atom. The molecule has 0 saturated carbocycles. The zero-order valence-corrected chi connectivity index (χ0v) is 11.6. The molecule has 1 aromatic rings. The number of amides is 1. The fourth-order valence-corrected chi connectivity index (χ4v) is 1.63. The number of hydrogen-bond acceptors (Lipinski definition) is 3. The fraction of sp³-hybridized carbons (Fsp3) is 0.308. The number of carbonyl (C=O) groups is 1. The summed E-state index contributed by atoms with van der Waals surface area (Å²) in [4.78, 5) is 11.6. The van der Waals surface area contributed by atoms with Gasteiger partial charge < -0.3 is 14.8 Å². The highest BCUT2D eigenvalue weighted by Crippen LogP contribution is 2.35. The molecule has 4 nitrogen and oxygen atoms in total. The van der Waals surface area contributed by atoms with E-state index in [-0.39, 0.29) is 5.91 Å². The van der Waals surface area contributed by atoms with Crippen molar-refractivity contribution < 1.29 is 14.3 Å². The van der Waals surface area contributed by atoms with Crippen LogP contribution in [0.4, 0.5) is 5.69 Å². The van der Waals surface area contributed by atoms with Crippen LogP contribution in [0.15, 0.2) is 23.8 Å². The molecule has 5 heteroatoms. The number of rotatable bonds is 4. The van der Waals surface area contributed by atoms with Gasteiger partial charge in [0.15, 0.2) is 0 Å². The van der Waals surface area contributed by atoms with E-state index in [1.165, 1.54) is 20.3 Å². The van der Waals surface area contributed by atoms with E-state index in [1.54, 1.807) is 12.1 Å². The van der Waals surface area contributed by atoms with Crippen LogP contribution in [0.2, 0.25) is 5.02 Å². The lowest BCUT2D eigenvalue weighted by Crippen LogP contribution is -2.09. The van der Waals surface area contributed by atoms with E-state index in [1.807, 2.05) is 13.8 Å². The van der Waals surface area contributed by atoms with Crippen LogP contribution in [0.5, 0.6) is 11.5 Å². The number of carbonyl (C=O) groups excluding carboxylic acids is 1. The van der Waals surface area contributed by atoms with Crippen LogP contribution in [0.25, 0.3) is 0 Å². The van der Waals surface area contributed by atoms with Gasteiger partial charge in [-0.3, -0.25) is 4.79 Å². The Bertz CT molecular complexity index is 479. The van der Waals surface area contributed by atoms with Crippen molar-refractivity contribution in [2.75, 3.05) is 19.5 Å². The molecule has 18 heavy (non-hydrogen) atoms. The second kappa shape index (κ2) is 6.31. The van der Waals surface area contributed by atoms with Crippen LogP contribution in [-0.2, 0) is 4.79 Å². The minimum absolute atomic E-state index is 0.227. The third-order valence-corrected chi connectivity index (χ3v) is 2.45. The number of anilines is 1. The van der Waals surface area contributed by atoms with Crippen molar-refractivity contribution in [2.45, 2.75) is 13.8 Å². The number of hydrogen-bond donors (Lipinski definition) is 1. The molecule has 1 rings (SSSR count). The number of benzene rings is 1. The van der Waals surface area contributed by atoms with Gasteiger partial charge in [-0.2, -0.15) is 0 Å². The number of methoxy groups -OCH3 is 2. The van der Waals surface area contributed by atoms with E-state index in [0.717, 1.165) is 5.57 Å². The first-order chi connectivity index (χ1) is 8.47. The van der Waals surface area contributed by atoms with E-state index in [0.29, 0.717) is 22.2 Å². The van der Waals surface area contributed by atoms with E-state index < -0.39 is 0 Å². The Morgan fingerprint density at radius 2 is 1.83 bits per heavy atom. The first-order valence-electron chi connectivity index (χ1n) is 5.35. The van der Waals surface area contributed by atoms with Gasteiger partial charge in [0.05, 0.1) is 24.9 Å². The lowest BCUT2D eigenvalue weighted by molar-refractivity contribution is -0.112. The maximum atomic E-state index is 11.6. The molecule has 0 aliphatic heterocycles. The number of ether oxygens (including phenoxy) is 2. The zero-order chi connectivity index (χ0) is 13.7. The number of halogens is 1. The standard InChI is InChI=1S/C13H16ClNO3/c1-8(2)5-13(16)15-10-6-9(14)11(17-3)7-12(10)18-4/h5-7H,1-4H3,(H,15,16). The van der Waals surface area contributed by atoms with Crippen molar-refractivity contribution in [1.29, 1.82) is 0 Å². The molecular weight excluding hydrogens is 254 g/mol. The second-order valence-corrected chi connectivity index (χ2v) is 4.31. The normalized spacial score (nSPS) is 9.61. The van der Waals surface area contributed by atoms with Gasteiger partial charge in [0, 0.05) is 12.1 Å². The molecule has 0 spiro atoms. The molecule has 0 radical (unpaired) electrons. The third kappa shape index (κ3) is 3.67. The highest BCUT2D eigenvalue weighted by atomic mass is 35.5. The average Bonchev–Trinajstić information content (AvgIpc) is 2.28. The molecule has 0 atom stereocenters. The van der Waals surface area contributed by atoms with Gasteiger partial charge in [0.25, 0.3) is 0 Å². The number of nitrogens with one attached hydrogen (secondary N) is 1. The molecule has 0 unspecified atom stereocenters. The van der Waals surface area contributed by atoms with E-state index >= 15 is 0 Å². The smallest absolute Gasteiger partial charge is 0.248 e. The predicted molar refractivity (Wildman–Crippen MR) is 72.6 cm³/mol. The summed E-state index contributed by atoms with van der Waals surface area (Å²) < 4.78 is 10.3. The summed E-state index contributed by atoms with van der Waals surface area (Å²) in [6, 6.07) is 3.22. The van der Waals surface area contributed by atoms with Crippen molar-refractivity contribution in [3.05, 3.63) is 28.8 Å². The van der Waals surface area contributed by atoms with Crippen molar-refractivity contribution in [1.82, 2.24) is 0 Å². The summed E-state index contributed by atoms with van der Waals surface area (Å²) in [5, 5.41) is 3.11. The van der Waals surface area contributed by atoms with E-state index in [9.17, 15) is 4.79 Å². The minimum Gasteiger partial charge on any atom is -0.495 e. The van der Waals surface area contributed by atoms with Gasteiger partial charge in [0.2, 0.25) is 5.91 Å². The molecule has 0 heterocycles. The summed E-state index contributed by atoms with van der Waals surface area (Å²) in [6.45, 7) is 3.69. The summed E-state index contributed by atoms with van der Waals surface area (Å²) >= 11 is 6.00. The maximum Gasteiger partial charge on any atom is 0.248 e. The average molecular weight is 270 g/mol. The van der Waals surface area contributed by atoms with Crippen LogP contribution >= 0.6 is 11.6 Å². The van der Waals surface area contributed by atoms with Gasteiger partial charge in [0.1, 0.15) is 11.5 Å². The summed E-state index contributed by atoms with van der Waals surface area (Å²) in [7, 11) is 3.03. The lowest BCUT2D eigenvalue weighted by Gasteiger charge is -2.12. The van der Waals surface area contributed by atoms with Gasteiger partial charge in [-0.05, 0) is 19.9 Å². The molecule has 0 bridgehead atoms. The molecule has 1 amide bonds. The molecule has 0 fully saturated rings. The fourth-order valence-electron chi connectivity index (χ4n) is 1.39. The largest absolute Gasteiger partial charge is 0.495 e. The van der Waals surface area contributed by atoms with Crippen molar-refractivity contribution in [3.63, 3.8) is 0 Å². The number of allylic oxidation sites excluding steroid dienone is 1. The molecule has 1 aromatic carbocycles. The Labute approximate surface area is 112 Å². The second-order valence-electron chi connectivity index (χ2n) is 3.90. The first-order valence-corrected chi connectivity index (χ1v) is 5.73. The Morgan fingerprint density at radius 3 is 2.33 bits per heavy atom. The quantitative estimate of drug-likeness (QED) is 0.854. The zero-order valence-electron chi connectivity index (χ0n) is 10.8. The topological polar surface area (TPSA) is 47.6 Å². The predicted octanol–water partition coefficient (Wildman–Crippen LogP) is 3.26. The van der Waals surface area contributed by atoms with Crippen LogP contribution in [0.3, 0.4) is 0 Å². The van der Waals surface area contributed by atoms with Gasteiger partial charge in [-0.15, -0.1) is 0 Å². The van der Waals surface area contributed by atoms with Gasteiger partial charge >= 0.3 is 0 Å². The van der Waals surface area contributed by atoms with Crippen molar-refractivity contribution in [3.8, 4) is 11.5 Å². The van der Waals surface area contributed by atoms with E-state index in [4.69, 9.17) is 21.1 Å². The first kappa shape index (κ1) is 14.4. The van der Waals surface area contributed by atoms with Crippen LogP contribution in [0.1, 0.15) is 13.8 Å². The van der Waals surface area contributed by atoms with Crippen LogP contribution in [-0.4, -0.2) is 20.1 Å². The molecule has 98 valence electrons. The Hall–Kier alpha value is -1.68. The summed E-state index contributed by atoms with van der Waals surface area (Å²) in [6.07, 6.45) is 1.50. The highest BCUT2D eigenvalue weighted by molar-refractivity contribution is 6.32. The maximum absolute atomic E-state index is 11.6. The molecule has 0 aliphatic rings. The molecule has 0 saturated heterocycles. The van der Waals surface area contributed by atoms with Crippen molar-refractivity contribution in [2.24, 2.45) is 0 Å². The molecular formula is C13H16ClNO3.